The average Bonchev–Trinajstić information content (AvgIpc) is 3.07. The van der Waals surface area contributed by atoms with Gasteiger partial charge in [-0.2, -0.15) is 0 Å². The first-order valence-electron chi connectivity index (χ1n) is 15.2. The van der Waals surface area contributed by atoms with Gasteiger partial charge < -0.3 is 14.0 Å². The summed E-state index contributed by atoms with van der Waals surface area (Å²) in [5.74, 6) is 0. The first-order chi connectivity index (χ1) is 22.5. The fourth-order valence-corrected chi connectivity index (χ4v) is 6.89. The van der Waals surface area contributed by atoms with Gasteiger partial charge in [-0.05, 0) is 72.5 Å². The highest BCUT2D eigenvalue weighted by atomic mass is 32.2. The van der Waals surface area contributed by atoms with E-state index >= 15 is 0 Å². The Kier molecular flexibility index (Phi) is 10.4. The number of anilines is 1. The van der Waals surface area contributed by atoms with E-state index in [9.17, 15) is 25.9 Å². The standard InChI is InChI=1S/C37H36N2O6S2/c1-3-38(26-28-11-7-5-8-12-28)32-19-15-30(16-20-32)37(35-24-23-34(46(40,41)42)25-36(35)47(43,44)45)31-17-21-33(22-18-31)39(4-2)27-29-13-9-6-10-14-29/h5-25H,3-4,26-27H2,1-2H3,(H-,40,41,42,43,44,45)/p-1. The average molecular weight is 668 g/mol. The van der Waals surface area contributed by atoms with Gasteiger partial charge in [0.25, 0.3) is 0 Å². The molecule has 0 spiro atoms. The van der Waals surface area contributed by atoms with Crippen LogP contribution < -0.4 is 4.90 Å². The molecule has 0 aromatic heterocycles. The summed E-state index contributed by atoms with van der Waals surface area (Å²) in [5.41, 5.74) is 5.81. The van der Waals surface area contributed by atoms with Crippen LogP contribution in [0.15, 0.2) is 143 Å². The molecule has 0 heterocycles. The van der Waals surface area contributed by atoms with E-state index in [0.29, 0.717) is 35.9 Å². The number of benzene rings is 4. The molecule has 0 saturated carbocycles. The minimum absolute atomic E-state index is 0.00108. The zero-order valence-electron chi connectivity index (χ0n) is 26.1. The summed E-state index contributed by atoms with van der Waals surface area (Å²) in [5, 5.41) is 0. The van der Waals surface area contributed by atoms with Gasteiger partial charge in [-0.25, -0.2) is 21.4 Å². The zero-order valence-corrected chi connectivity index (χ0v) is 27.7. The SMILES string of the molecule is CCN(Cc1ccccc1)c1ccc(C(=C2C=CC(=[N+](CC)Cc3ccccc3)C=C2)c2ccc(S(=O)(=O)[O-])cc2S(=O)(=O)[O-])cc1. The largest absolute Gasteiger partial charge is 0.744 e. The van der Waals surface area contributed by atoms with Gasteiger partial charge in [0.05, 0.1) is 9.79 Å². The first-order valence-corrected chi connectivity index (χ1v) is 18.0. The maximum atomic E-state index is 12.5. The Bertz CT molecular complexity index is 2070. The Morgan fingerprint density at radius 1 is 0.702 bits per heavy atom. The Morgan fingerprint density at radius 3 is 1.83 bits per heavy atom. The van der Waals surface area contributed by atoms with Gasteiger partial charge in [0.2, 0.25) is 0 Å². The van der Waals surface area contributed by atoms with Crippen LogP contribution in [0.2, 0.25) is 0 Å². The molecular weight excluding hydrogens is 633 g/mol. The van der Waals surface area contributed by atoms with E-state index < -0.39 is 30.0 Å². The van der Waals surface area contributed by atoms with Crippen molar-refractivity contribution in [3.63, 3.8) is 0 Å². The minimum atomic E-state index is -5.19. The van der Waals surface area contributed by atoms with E-state index in [-0.39, 0.29) is 5.56 Å². The van der Waals surface area contributed by atoms with Crippen molar-refractivity contribution in [1.82, 2.24) is 0 Å². The van der Waals surface area contributed by atoms with E-state index in [1.165, 1.54) is 6.07 Å². The van der Waals surface area contributed by atoms with Crippen LogP contribution in [0.1, 0.15) is 36.1 Å². The molecule has 242 valence electrons. The quantitative estimate of drug-likeness (QED) is 0.140. The third-order valence-corrected chi connectivity index (χ3v) is 9.73. The highest BCUT2D eigenvalue weighted by Gasteiger charge is 2.21. The second-order valence-corrected chi connectivity index (χ2v) is 13.8. The van der Waals surface area contributed by atoms with Crippen molar-refractivity contribution in [2.45, 2.75) is 36.7 Å². The monoisotopic (exact) mass is 667 g/mol. The van der Waals surface area contributed by atoms with E-state index in [1.54, 1.807) is 0 Å². The number of rotatable bonds is 11. The Hall–Kier alpha value is -4.61. The number of nitrogens with zero attached hydrogens (tertiary/aromatic N) is 2. The van der Waals surface area contributed by atoms with Gasteiger partial charge in [-0.15, -0.1) is 0 Å². The lowest BCUT2D eigenvalue weighted by atomic mass is 9.90. The number of hydrogen-bond acceptors (Lipinski definition) is 7. The maximum absolute atomic E-state index is 12.5. The molecule has 0 saturated heterocycles. The third kappa shape index (κ3) is 8.22. The van der Waals surface area contributed by atoms with E-state index in [0.717, 1.165) is 41.7 Å². The van der Waals surface area contributed by atoms with Crippen molar-refractivity contribution in [3.8, 4) is 0 Å². The lowest BCUT2D eigenvalue weighted by molar-refractivity contribution is -0.539. The molecule has 0 bridgehead atoms. The molecule has 0 atom stereocenters. The minimum Gasteiger partial charge on any atom is -0.744 e. The molecule has 0 N–H and O–H groups in total. The van der Waals surface area contributed by atoms with Crippen molar-refractivity contribution in [2.24, 2.45) is 0 Å². The Morgan fingerprint density at radius 2 is 1.30 bits per heavy atom. The van der Waals surface area contributed by atoms with E-state index in [2.05, 4.69) is 47.6 Å². The zero-order chi connectivity index (χ0) is 33.6. The molecule has 4 aromatic carbocycles. The summed E-state index contributed by atoms with van der Waals surface area (Å²) in [7, 11) is -10.2. The molecule has 4 aromatic rings. The summed E-state index contributed by atoms with van der Waals surface area (Å²) in [4.78, 5) is 0.622. The molecule has 47 heavy (non-hydrogen) atoms. The molecule has 1 aliphatic rings. The van der Waals surface area contributed by atoms with Crippen LogP contribution in [0, 0.1) is 0 Å². The molecule has 0 amide bonds. The Labute approximate surface area is 276 Å². The summed E-state index contributed by atoms with van der Waals surface area (Å²) >= 11 is 0. The second-order valence-electron chi connectivity index (χ2n) is 11.0. The molecule has 0 aliphatic heterocycles. The normalized spacial score (nSPS) is 13.1. The highest BCUT2D eigenvalue weighted by Crippen LogP contribution is 2.36. The van der Waals surface area contributed by atoms with Gasteiger partial charge >= 0.3 is 0 Å². The van der Waals surface area contributed by atoms with Crippen molar-refractivity contribution < 1.29 is 30.5 Å². The number of hydrogen-bond donors (Lipinski definition) is 0. The van der Waals surface area contributed by atoms with Crippen molar-refractivity contribution in [1.29, 1.82) is 0 Å². The van der Waals surface area contributed by atoms with E-state index in [1.807, 2.05) is 85.0 Å². The van der Waals surface area contributed by atoms with Crippen LogP contribution in [0.3, 0.4) is 0 Å². The lowest BCUT2D eigenvalue weighted by Gasteiger charge is -2.24. The Balaban J connectivity index is 1.63. The molecule has 0 radical (unpaired) electrons. The van der Waals surface area contributed by atoms with Crippen LogP contribution in [-0.4, -0.2) is 49.3 Å². The highest BCUT2D eigenvalue weighted by molar-refractivity contribution is 7.86. The fourth-order valence-electron chi connectivity index (χ4n) is 5.61. The molecule has 10 heteroatoms. The van der Waals surface area contributed by atoms with Gasteiger partial charge in [0.15, 0.2) is 12.3 Å². The lowest BCUT2D eigenvalue weighted by Crippen LogP contribution is -2.21. The molecule has 8 nitrogen and oxygen atoms in total. The van der Waals surface area contributed by atoms with Crippen LogP contribution in [0.5, 0.6) is 0 Å². The van der Waals surface area contributed by atoms with Crippen LogP contribution in [0.4, 0.5) is 5.69 Å². The topological polar surface area (TPSA) is 121 Å². The summed E-state index contributed by atoms with van der Waals surface area (Å²) in [6.07, 6.45) is 7.55. The summed E-state index contributed by atoms with van der Waals surface area (Å²) < 4.78 is 75.2. The molecule has 0 unspecified atom stereocenters. The van der Waals surface area contributed by atoms with Gasteiger partial charge in [-0.1, -0.05) is 78.9 Å². The van der Waals surface area contributed by atoms with Crippen molar-refractivity contribution >= 4 is 37.2 Å². The van der Waals surface area contributed by atoms with Crippen molar-refractivity contribution in [3.05, 3.63) is 155 Å². The van der Waals surface area contributed by atoms with Gasteiger partial charge in [0.1, 0.15) is 26.8 Å². The second kappa shape index (κ2) is 14.4. The smallest absolute Gasteiger partial charge is 0.200 e. The van der Waals surface area contributed by atoms with Crippen molar-refractivity contribution in [2.75, 3.05) is 18.0 Å². The molecule has 1 aliphatic carbocycles. The molecule has 0 fully saturated rings. The number of allylic oxidation sites excluding steroid dienone is 5. The van der Waals surface area contributed by atoms with Gasteiger partial charge in [-0.3, -0.25) is 0 Å². The predicted molar refractivity (Wildman–Crippen MR) is 182 cm³/mol. The summed E-state index contributed by atoms with van der Waals surface area (Å²) in [6.45, 7) is 6.99. The predicted octanol–water partition coefficient (Wildman–Crippen LogP) is 6.12. The first kappa shape index (κ1) is 33.7. The summed E-state index contributed by atoms with van der Waals surface area (Å²) in [6, 6.07) is 30.6. The maximum Gasteiger partial charge on any atom is 0.200 e. The molecule has 5 rings (SSSR count). The van der Waals surface area contributed by atoms with E-state index in [4.69, 9.17) is 0 Å². The molecular formula is C37H35N2O6S2-. The van der Waals surface area contributed by atoms with Crippen LogP contribution in [-0.2, 0) is 33.3 Å². The third-order valence-electron chi connectivity index (χ3n) is 8.02. The van der Waals surface area contributed by atoms with Crippen LogP contribution >= 0.6 is 0 Å². The van der Waals surface area contributed by atoms with Gasteiger partial charge in [0, 0.05) is 42.1 Å². The van der Waals surface area contributed by atoms with Crippen LogP contribution in [0.25, 0.3) is 5.57 Å². The fraction of sp³-hybridized carbons (Fsp3) is 0.162.